The predicted octanol–water partition coefficient (Wildman–Crippen LogP) is 2.57. The molecule has 0 saturated carbocycles. The molecule has 4 heteroatoms. The Bertz CT molecular complexity index is 279. The van der Waals surface area contributed by atoms with Crippen molar-refractivity contribution in [3.63, 3.8) is 0 Å². The van der Waals surface area contributed by atoms with Gasteiger partial charge in [0.2, 0.25) is 5.91 Å². The van der Waals surface area contributed by atoms with Gasteiger partial charge in [-0.25, -0.2) is 0 Å². The molecule has 0 bridgehead atoms. The Hall–Kier alpha value is -0.280. The van der Waals surface area contributed by atoms with Crippen LogP contribution in [0.5, 0.6) is 0 Å². The van der Waals surface area contributed by atoms with Gasteiger partial charge >= 0.3 is 0 Å². The summed E-state index contributed by atoms with van der Waals surface area (Å²) in [5.74, 6) is 0.682. The number of halogens is 1. The molecule has 1 rings (SSSR count). The molecule has 0 aromatic carbocycles. The first-order chi connectivity index (χ1) is 7.84. The van der Waals surface area contributed by atoms with Crippen LogP contribution in [0.3, 0.4) is 0 Å². The zero-order chi connectivity index (χ0) is 13.2. The smallest absolute Gasteiger partial charge is 0.226 e. The Balaban J connectivity index is 2.71. The van der Waals surface area contributed by atoms with Crippen LogP contribution in [-0.2, 0) is 9.53 Å². The lowest BCUT2D eigenvalue weighted by Crippen LogP contribution is -2.51. The molecule has 0 aliphatic carbocycles. The van der Waals surface area contributed by atoms with Crippen molar-refractivity contribution in [2.45, 2.75) is 58.8 Å². The van der Waals surface area contributed by atoms with E-state index in [0.717, 1.165) is 6.42 Å². The zero-order valence-corrected chi connectivity index (χ0v) is 12.2. The summed E-state index contributed by atoms with van der Waals surface area (Å²) in [5.41, 5.74) is -0.316. The van der Waals surface area contributed by atoms with E-state index in [1.807, 2.05) is 27.7 Å². The molecule has 0 spiro atoms. The quantitative estimate of drug-likeness (QED) is 0.790. The number of carbonyl (C=O) groups is 1. The van der Waals surface area contributed by atoms with Crippen molar-refractivity contribution in [1.29, 1.82) is 0 Å². The number of hydrogen-bond acceptors (Lipinski definition) is 2. The molecule has 1 amide bonds. The maximum absolute atomic E-state index is 12.3. The lowest BCUT2D eigenvalue weighted by molar-refractivity contribution is -0.128. The number of rotatable bonds is 4. The van der Waals surface area contributed by atoms with Gasteiger partial charge in [0, 0.05) is 5.88 Å². The molecule has 17 heavy (non-hydrogen) atoms. The Morgan fingerprint density at radius 1 is 1.35 bits per heavy atom. The van der Waals surface area contributed by atoms with Gasteiger partial charge in [-0.3, -0.25) is 4.79 Å². The summed E-state index contributed by atoms with van der Waals surface area (Å²) >= 11 is 5.92. The summed E-state index contributed by atoms with van der Waals surface area (Å²) in [5, 5.41) is 3.07. The van der Waals surface area contributed by atoms with Crippen molar-refractivity contribution in [3.05, 3.63) is 0 Å². The topological polar surface area (TPSA) is 38.3 Å². The van der Waals surface area contributed by atoms with E-state index in [4.69, 9.17) is 16.3 Å². The summed E-state index contributed by atoms with van der Waals surface area (Å²) in [6.07, 6.45) is 0.953. The summed E-state index contributed by atoms with van der Waals surface area (Å²) in [4.78, 5) is 12.3. The highest BCUT2D eigenvalue weighted by Crippen LogP contribution is 2.32. The second kappa shape index (κ2) is 5.57. The van der Waals surface area contributed by atoms with Gasteiger partial charge in [-0.15, -0.1) is 11.6 Å². The maximum Gasteiger partial charge on any atom is 0.226 e. The van der Waals surface area contributed by atoms with Gasteiger partial charge < -0.3 is 10.1 Å². The van der Waals surface area contributed by atoms with Crippen LogP contribution in [0, 0.1) is 11.8 Å². The van der Waals surface area contributed by atoms with Gasteiger partial charge in [-0.05, 0) is 33.1 Å². The van der Waals surface area contributed by atoms with E-state index in [1.54, 1.807) is 0 Å². The van der Waals surface area contributed by atoms with Crippen LogP contribution in [0.2, 0.25) is 0 Å². The zero-order valence-electron chi connectivity index (χ0n) is 11.4. The number of alkyl halides is 1. The molecule has 5 unspecified atom stereocenters. The lowest BCUT2D eigenvalue weighted by atomic mass is 9.87. The third-order valence-corrected chi connectivity index (χ3v) is 4.63. The fourth-order valence-electron chi connectivity index (χ4n) is 2.32. The van der Waals surface area contributed by atoms with E-state index in [-0.39, 0.29) is 35.5 Å². The molecule has 1 aliphatic heterocycles. The summed E-state index contributed by atoms with van der Waals surface area (Å²) < 4.78 is 5.70. The highest BCUT2D eigenvalue weighted by atomic mass is 35.5. The second-order valence-electron chi connectivity index (χ2n) is 5.47. The van der Waals surface area contributed by atoms with E-state index in [9.17, 15) is 4.79 Å². The first-order valence-corrected chi connectivity index (χ1v) is 6.91. The largest absolute Gasteiger partial charge is 0.374 e. The molecule has 0 radical (unpaired) electrons. The summed E-state index contributed by atoms with van der Waals surface area (Å²) in [6.45, 7) is 10.1. The van der Waals surface area contributed by atoms with Crippen LogP contribution in [0.4, 0.5) is 0 Å². The van der Waals surface area contributed by atoms with E-state index in [2.05, 4.69) is 12.2 Å². The maximum atomic E-state index is 12.3. The molecule has 0 aromatic heterocycles. The van der Waals surface area contributed by atoms with Gasteiger partial charge in [-0.2, -0.15) is 0 Å². The average molecular weight is 262 g/mol. The molecule has 1 heterocycles. The minimum Gasteiger partial charge on any atom is -0.374 e. The molecule has 3 nitrogen and oxygen atoms in total. The molecule has 100 valence electrons. The Labute approximate surface area is 109 Å². The minimum absolute atomic E-state index is 0.0172. The van der Waals surface area contributed by atoms with E-state index in [0.29, 0.717) is 5.88 Å². The normalized spacial score (nSPS) is 36.6. The van der Waals surface area contributed by atoms with Crippen LogP contribution in [0.25, 0.3) is 0 Å². The highest BCUT2D eigenvalue weighted by molar-refractivity contribution is 6.18. The number of nitrogens with one attached hydrogen (secondary N) is 1. The standard InChI is InChI=1S/C13H24ClNO2/c1-6-13(5,7-14)15-12(16)11-8(2)9(3)17-10(11)4/h8-11H,6-7H2,1-5H3,(H,15,16). The molecular formula is C13H24ClNO2. The molecular weight excluding hydrogens is 238 g/mol. The van der Waals surface area contributed by atoms with Crippen molar-refractivity contribution in [3.8, 4) is 0 Å². The third-order valence-electron chi connectivity index (χ3n) is 4.04. The monoisotopic (exact) mass is 261 g/mol. The van der Waals surface area contributed by atoms with Crippen LogP contribution in [-0.4, -0.2) is 29.5 Å². The lowest BCUT2D eigenvalue weighted by Gasteiger charge is -2.30. The third kappa shape index (κ3) is 3.14. The van der Waals surface area contributed by atoms with Gasteiger partial charge in [0.05, 0.1) is 23.7 Å². The number of carbonyl (C=O) groups excluding carboxylic acids is 1. The van der Waals surface area contributed by atoms with Gasteiger partial charge in [0.15, 0.2) is 0 Å². The van der Waals surface area contributed by atoms with Crippen LogP contribution in [0.1, 0.15) is 41.0 Å². The Morgan fingerprint density at radius 2 is 1.94 bits per heavy atom. The SMILES string of the molecule is CCC(C)(CCl)NC(=O)C1C(C)OC(C)C1C. The van der Waals surface area contributed by atoms with Gasteiger partial charge in [-0.1, -0.05) is 13.8 Å². The van der Waals surface area contributed by atoms with Crippen molar-refractivity contribution in [1.82, 2.24) is 5.32 Å². The molecule has 1 saturated heterocycles. The van der Waals surface area contributed by atoms with Crippen LogP contribution >= 0.6 is 11.6 Å². The fourth-order valence-corrected chi connectivity index (χ4v) is 2.57. The summed E-state index contributed by atoms with van der Waals surface area (Å²) in [6, 6.07) is 0. The van der Waals surface area contributed by atoms with Crippen LogP contribution in [0.15, 0.2) is 0 Å². The number of ether oxygens (including phenoxy) is 1. The first kappa shape index (κ1) is 14.8. The molecule has 5 atom stereocenters. The predicted molar refractivity (Wildman–Crippen MR) is 70.2 cm³/mol. The molecule has 1 N–H and O–H groups in total. The van der Waals surface area contributed by atoms with Gasteiger partial charge in [0.1, 0.15) is 0 Å². The average Bonchev–Trinajstić information content (AvgIpc) is 2.53. The van der Waals surface area contributed by atoms with Crippen LogP contribution < -0.4 is 5.32 Å². The van der Waals surface area contributed by atoms with Gasteiger partial charge in [0.25, 0.3) is 0 Å². The number of amides is 1. The first-order valence-electron chi connectivity index (χ1n) is 6.38. The van der Waals surface area contributed by atoms with Crippen molar-refractivity contribution in [2.24, 2.45) is 11.8 Å². The number of hydrogen-bond donors (Lipinski definition) is 1. The molecule has 1 fully saturated rings. The Kier molecular flexibility index (Phi) is 4.85. The molecule has 1 aliphatic rings. The van der Waals surface area contributed by atoms with Crippen molar-refractivity contribution < 1.29 is 9.53 Å². The van der Waals surface area contributed by atoms with Crippen molar-refractivity contribution >= 4 is 17.5 Å². The van der Waals surface area contributed by atoms with E-state index in [1.165, 1.54) is 0 Å². The van der Waals surface area contributed by atoms with E-state index >= 15 is 0 Å². The minimum atomic E-state index is -0.316. The highest BCUT2D eigenvalue weighted by Gasteiger charge is 2.42. The summed E-state index contributed by atoms with van der Waals surface area (Å²) in [7, 11) is 0. The molecule has 0 aromatic rings. The Morgan fingerprint density at radius 3 is 2.29 bits per heavy atom. The van der Waals surface area contributed by atoms with Crippen molar-refractivity contribution in [2.75, 3.05) is 5.88 Å². The van der Waals surface area contributed by atoms with E-state index < -0.39 is 0 Å². The second-order valence-corrected chi connectivity index (χ2v) is 5.74. The fraction of sp³-hybridized carbons (Fsp3) is 0.923.